The quantitative estimate of drug-likeness (QED) is 0.828. The third-order valence-corrected chi connectivity index (χ3v) is 4.04. The van der Waals surface area contributed by atoms with E-state index in [4.69, 9.17) is 5.73 Å². The van der Waals surface area contributed by atoms with Gasteiger partial charge in [-0.1, -0.05) is 19.8 Å². The third kappa shape index (κ3) is 2.09. The van der Waals surface area contributed by atoms with E-state index in [2.05, 4.69) is 22.3 Å². The summed E-state index contributed by atoms with van der Waals surface area (Å²) in [5.74, 6) is 0.773. The minimum atomic E-state index is 0.171. The summed E-state index contributed by atoms with van der Waals surface area (Å²) in [4.78, 5) is 1.50. The monoisotopic (exact) mass is 223 g/mol. The van der Waals surface area contributed by atoms with Gasteiger partial charge in [-0.25, -0.2) is 0 Å². The first kappa shape index (κ1) is 11.5. The molecular weight excluding hydrogens is 202 g/mol. The first-order chi connectivity index (χ1) is 7.66. The predicted molar refractivity (Wildman–Crippen MR) is 61.7 cm³/mol. The van der Waals surface area contributed by atoms with Crippen molar-refractivity contribution in [3.8, 4) is 0 Å². The summed E-state index contributed by atoms with van der Waals surface area (Å²) in [5, 5.41) is 12.1. The Morgan fingerprint density at radius 3 is 2.62 bits per heavy atom. The van der Waals surface area contributed by atoms with Crippen molar-refractivity contribution in [2.75, 3.05) is 0 Å². The molecule has 5 heteroatoms. The fourth-order valence-electron chi connectivity index (χ4n) is 2.88. The van der Waals surface area contributed by atoms with E-state index in [0.29, 0.717) is 5.41 Å². The zero-order valence-electron chi connectivity index (χ0n) is 10.2. The SMILES string of the molecule is CCC1(C(N)Cc2nnn(C)n2)CCCC1. The Bertz CT molecular complexity index is 340. The van der Waals surface area contributed by atoms with E-state index in [1.54, 1.807) is 7.05 Å². The molecule has 16 heavy (non-hydrogen) atoms. The second-order valence-electron chi connectivity index (χ2n) is 4.93. The van der Waals surface area contributed by atoms with E-state index in [0.717, 1.165) is 18.7 Å². The average molecular weight is 223 g/mol. The molecule has 1 aliphatic rings. The van der Waals surface area contributed by atoms with Crippen LogP contribution in [-0.4, -0.2) is 26.2 Å². The van der Waals surface area contributed by atoms with Crippen LogP contribution in [0.15, 0.2) is 0 Å². The Kier molecular flexibility index (Phi) is 3.23. The molecule has 0 amide bonds. The molecule has 90 valence electrons. The maximum absolute atomic E-state index is 6.35. The molecule has 1 saturated carbocycles. The van der Waals surface area contributed by atoms with Crippen LogP contribution >= 0.6 is 0 Å². The number of nitrogens with zero attached hydrogens (tertiary/aromatic N) is 4. The van der Waals surface area contributed by atoms with Crippen LogP contribution in [0.5, 0.6) is 0 Å². The first-order valence-corrected chi connectivity index (χ1v) is 6.15. The van der Waals surface area contributed by atoms with Crippen LogP contribution in [0.1, 0.15) is 44.9 Å². The van der Waals surface area contributed by atoms with E-state index in [1.807, 2.05) is 0 Å². The molecule has 1 heterocycles. The molecule has 0 saturated heterocycles. The molecular formula is C11H21N5. The van der Waals surface area contributed by atoms with Crippen LogP contribution < -0.4 is 5.73 Å². The fourth-order valence-corrected chi connectivity index (χ4v) is 2.88. The van der Waals surface area contributed by atoms with Crippen LogP contribution in [0.2, 0.25) is 0 Å². The molecule has 1 aromatic heterocycles. The van der Waals surface area contributed by atoms with E-state index >= 15 is 0 Å². The van der Waals surface area contributed by atoms with Gasteiger partial charge in [-0.2, -0.15) is 4.80 Å². The van der Waals surface area contributed by atoms with Crippen molar-refractivity contribution in [2.24, 2.45) is 18.2 Å². The van der Waals surface area contributed by atoms with Gasteiger partial charge in [0.1, 0.15) is 0 Å². The lowest BCUT2D eigenvalue weighted by molar-refractivity contribution is 0.216. The smallest absolute Gasteiger partial charge is 0.176 e. The van der Waals surface area contributed by atoms with Crippen LogP contribution in [0.25, 0.3) is 0 Å². The number of aryl methyl sites for hydroxylation is 1. The molecule has 1 aromatic rings. The first-order valence-electron chi connectivity index (χ1n) is 6.15. The minimum Gasteiger partial charge on any atom is -0.327 e. The molecule has 1 fully saturated rings. The van der Waals surface area contributed by atoms with Crippen LogP contribution in [-0.2, 0) is 13.5 Å². The Balaban J connectivity index is 2.03. The number of hydrogen-bond donors (Lipinski definition) is 1. The van der Waals surface area contributed by atoms with Gasteiger partial charge in [0, 0.05) is 12.5 Å². The number of tetrazole rings is 1. The van der Waals surface area contributed by atoms with Gasteiger partial charge in [0.05, 0.1) is 7.05 Å². The standard InChI is InChI=1S/C11H21N5/c1-3-11(6-4-5-7-11)9(12)8-10-13-15-16(2)14-10/h9H,3-8,12H2,1-2H3. The number of aromatic nitrogens is 4. The van der Waals surface area contributed by atoms with E-state index in [9.17, 15) is 0 Å². The summed E-state index contributed by atoms with van der Waals surface area (Å²) >= 11 is 0. The van der Waals surface area contributed by atoms with Crippen molar-refractivity contribution in [2.45, 2.75) is 51.5 Å². The summed E-state index contributed by atoms with van der Waals surface area (Å²) < 4.78 is 0. The average Bonchev–Trinajstić information content (AvgIpc) is 2.88. The highest BCUT2D eigenvalue weighted by atomic mass is 15.6. The van der Waals surface area contributed by atoms with Crippen molar-refractivity contribution in [1.29, 1.82) is 0 Å². The lowest BCUT2D eigenvalue weighted by Crippen LogP contribution is -2.41. The van der Waals surface area contributed by atoms with Crippen LogP contribution in [0, 0.1) is 5.41 Å². The summed E-state index contributed by atoms with van der Waals surface area (Å²) in [6, 6.07) is 0.171. The molecule has 1 unspecified atom stereocenters. The lowest BCUT2D eigenvalue weighted by Gasteiger charge is -2.33. The van der Waals surface area contributed by atoms with Crippen molar-refractivity contribution in [1.82, 2.24) is 20.2 Å². The zero-order valence-corrected chi connectivity index (χ0v) is 10.2. The Morgan fingerprint density at radius 1 is 1.44 bits per heavy atom. The van der Waals surface area contributed by atoms with Crippen LogP contribution in [0.3, 0.4) is 0 Å². The molecule has 2 N–H and O–H groups in total. The fraction of sp³-hybridized carbons (Fsp3) is 0.909. The molecule has 2 rings (SSSR count). The second kappa shape index (κ2) is 4.49. The molecule has 5 nitrogen and oxygen atoms in total. The normalized spacial score (nSPS) is 21.2. The maximum Gasteiger partial charge on any atom is 0.176 e. The topological polar surface area (TPSA) is 69.6 Å². The van der Waals surface area contributed by atoms with Crippen molar-refractivity contribution >= 4 is 0 Å². The summed E-state index contributed by atoms with van der Waals surface area (Å²) in [6.45, 7) is 2.25. The summed E-state index contributed by atoms with van der Waals surface area (Å²) in [6.07, 6.45) is 7.05. The predicted octanol–water partition coefficient (Wildman–Crippen LogP) is 1.05. The molecule has 0 spiro atoms. The largest absolute Gasteiger partial charge is 0.327 e. The van der Waals surface area contributed by atoms with Gasteiger partial charge in [0.15, 0.2) is 5.82 Å². The van der Waals surface area contributed by atoms with Gasteiger partial charge < -0.3 is 5.73 Å². The Morgan fingerprint density at radius 2 is 2.12 bits per heavy atom. The van der Waals surface area contributed by atoms with Crippen molar-refractivity contribution in [3.63, 3.8) is 0 Å². The van der Waals surface area contributed by atoms with E-state index in [1.165, 1.54) is 30.5 Å². The van der Waals surface area contributed by atoms with Gasteiger partial charge in [-0.3, -0.25) is 0 Å². The molecule has 0 aliphatic heterocycles. The number of rotatable bonds is 4. The maximum atomic E-state index is 6.35. The molecule has 0 aromatic carbocycles. The number of nitrogens with two attached hydrogens (primary N) is 1. The summed E-state index contributed by atoms with van der Waals surface area (Å²) in [5.41, 5.74) is 6.67. The van der Waals surface area contributed by atoms with Crippen molar-refractivity contribution in [3.05, 3.63) is 5.82 Å². The molecule has 0 radical (unpaired) electrons. The lowest BCUT2D eigenvalue weighted by atomic mass is 9.75. The van der Waals surface area contributed by atoms with E-state index in [-0.39, 0.29) is 6.04 Å². The molecule has 0 bridgehead atoms. The Hall–Kier alpha value is -0.970. The van der Waals surface area contributed by atoms with Gasteiger partial charge in [0.25, 0.3) is 0 Å². The van der Waals surface area contributed by atoms with E-state index < -0.39 is 0 Å². The third-order valence-electron chi connectivity index (χ3n) is 4.04. The van der Waals surface area contributed by atoms with Gasteiger partial charge in [-0.05, 0) is 29.9 Å². The minimum absolute atomic E-state index is 0.171. The second-order valence-corrected chi connectivity index (χ2v) is 4.93. The highest BCUT2D eigenvalue weighted by Crippen LogP contribution is 2.43. The van der Waals surface area contributed by atoms with Crippen molar-refractivity contribution < 1.29 is 0 Å². The highest BCUT2D eigenvalue weighted by molar-refractivity contribution is 4.97. The van der Waals surface area contributed by atoms with Gasteiger partial charge >= 0.3 is 0 Å². The Labute approximate surface area is 96.4 Å². The van der Waals surface area contributed by atoms with Gasteiger partial charge in [-0.15, -0.1) is 10.2 Å². The molecule has 1 atom stereocenters. The highest BCUT2D eigenvalue weighted by Gasteiger charge is 2.38. The zero-order chi connectivity index (χ0) is 11.6. The van der Waals surface area contributed by atoms with Gasteiger partial charge in [0.2, 0.25) is 0 Å². The molecule has 1 aliphatic carbocycles. The summed E-state index contributed by atoms with van der Waals surface area (Å²) in [7, 11) is 1.78. The van der Waals surface area contributed by atoms with Crippen LogP contribution in [0.4, 0.5) is 0 Å². The number of hydrogen-bond acceptors (Lipinski definition) is 4.